The number of hydrogen-bond donors (Lipinski definition) is 2. The predicted octanol–water partition coefficient (Wildman–Crippen LogP) is 4.14. The van der Waals surface area contributed by atoms with Crippen molar-refractivity contribution < 1.29 is 14.6 Å². The topological polar surface area (TPSA) is 63.5 Å². The minimum Gasteiger partial charge on any atom is -0.388 e. The Morgan fingerprint density at radius 2 is 2.25 bits per heavy atom. The average molecular weight is 405 g/mol. The number of ether oxygens (including phenoxy) is 1. The SMILES string of the molecule is C[C@H]1CCC[C@@](O)(CNC(=O)c2cn(CC3CCCO3)c3cccc(Cl)c23)C1. The zero-order valence-electron chi connectivity index (χ0n) is 16.4. The molecule has 4 rings (SSSR count). The summed E-state index contributed by atoms with van der Waals surface area (Å²) in [6.45, 7) is 3.95. The Morgan fingerprint density at radius 1 is 1.39 bits per heavy atom. The highest BCUT2D eigenvalue weighted by Gasteiger charge is 2.33. The van der Waals surface area contributed by atoms with Crippen molar-refractivity contribution in [1.29, 1.82) is 0 Å². The van der Waals surface area contributed by atoms with Gasteiger partial charge in [0, 0.05) is 31.3 Å². The first-order chi connectivity index (χ1) is 13.5. The molecule has 152 valence electrons. The molecule has 1 saturated carbocycles. The third kappa shape index (κ3) is 4.07. The monoisotopic (exact) mass is 404 g/mol. The van der Waals surface area contributed by atoms with Crippen LogP contribution in [0.15, 0.2) is 24.4 Å². The fourth-order valence-electron chi connectivity index (χ4n) is 4.77. The number of benzene rings is 1. The van der Waals surface area contributed by atoms with E-state index in [-0.39, 0.29) is 18.6 Å². The highest BCUT2D eigenvalue weighted by atomic mass is 35.5. The third-order valence-electron chi connectivity index (χ3n) is 6.17. The molecule has 2 aromatic rings. The normalized spacial score (nSPS) is 28.0. The number of amides is 1. The van der Waals surface area contributed by atoms with E-state index >= 15 is 0 Å². The van der Waals surface area contributed by atoms with Gasteiger partial charge in [0.15, 0.2) is 0 Å². The quantitative estimate of drug-likeness (QED) is 0.787. The fourth-order valence-corrected chi connectivity index (χ4v) is 5.04. The van der Waals surface area contributed by atoms with Gasteiger partial charge in [-0.05, 0) is 43.7 Å². The van der Waals surface area contributed by atoms with E-state index in [2.05, 4.69) is 16.8 Å². The first-order valence-electron chi connectivity index (χ1n) is 10.3. The summed E-state index contributed by atoms with van der Waals surface area (Å²) in [7, 11) is 0. The average Bonchev–Trinajstić information content (AvgIpc) is 3.29. The zero-order chi connectivity index (χ0) is 19.7. The van der Waals surface area contributed by atoms with Gasteiger partial charge in [-0.3, -0.25) is 4.79 Å². The summed E-state index contributed by atoms with van der Waals surface area (Å²) in [5.41, 5.74) is 0.692. The Bertz CT molecular complexity index is 859. The summed E-state index contributed by atoms with van der Waals surface area (Å²) >= 11 is 6.46. The van der Waals surface area contributed by atoms with Gasteiger partial charge in [-0.15, -0.1) is 0 Å². The minimum absolute atomic E-state index is 0.176. The summed E-state index contributed by atoms with van der Waals surface area (Å²) in [6, 6.07) is 5.71. The lowest BCUT2D eigenvalue weighted by Crippen LogP contribution is -2.45. The lowest BCUT2D eigenvalue weighted by atomic mass is 9.79. The van der Waals surface area contributed by atoms with E-state index in [0.29, 0.717) is 23.0 Å². The number of nitrogens with zero attached hydrogens (tertiary/aromatic N) is 1. The standard InChI is InChI=1S/C22H29ClN2O3/c1-15-5-3-9-22(27,11-15)14-24-21(26)17-13-25(12-16-6-4-10-28-16)19-8-2-7-18(23)20(17)19/h2,7-8,13,15-16,27H,3-6,9-12,14H2,1H3,(H,24,26)/t15-,16?,22-/m0/s1. The summed E-state index contributed by atoms with van der Waals surface area (Å²) in [5.74, 6) is 0.300. The Kier molecular flexibility index (Phi) is 5.68. The fraction of sp³-hybridized carbons (Fsp3) is 0.591. The molecule has 1 aliphatic carbocycles. The van der Waals surface area contributed by atoms with Gasteiger partial charge in [0.05, 0.1) is 27.8 Å². The summed E-state index contributed by atoms with van der Waals surface area (Å²) < 4.78 is 7.84. The molecule has 2 aliphatic rings. The van der Waals surface area contributed by atoms with Gasteiger partial charge in [0.2, 0.25) is 0 Å². The van der Waals surface area contributed by atoms with Crippen molar-refractivity contribution in [3.05, 3.63) is 35.0 Å². The molecule has 2 N–H and O–H groups in total. The largest absolute Gasteiger partial charge is 0.388 e. The molecule has 6 heteroatoms. The minimum atomic E-state index is -0.812. The highest BCUT2D eigenvalue weighted by molar-refractivity contribution is 6.36. The van der Waals surface area contributed by atoms with Crippen molar-refractivity contribution >= 4 is 28.4 Å². The van der Waals surface area contributed by atoms with Crippen molar-refractivity contribution in [2.75, 3.05) is 13.2 Å². The van der Waals surface area contributed by atoms with Crippen molar-refractivity contribution in [3.63, 3.8) is 0 Å². The first-order valence-corrected chi connectivity index (χ1v) is 10.7. The summed E-state index contributed by atoms with van der Waals surface area (Å²) in [4.78, 5) is 13.0. The second-order valence-corrected chi connectivity index (χ2v) is 8.98. The van der Waals surface area contributed by atoms with Crippen LogP contribution in [-0.2, 0) is 11.3 Å². The lowest BCUT2D eigenvalue weighted by Gasteiger charge is -2.35. The number of hydrogen-bond acceptors (Lipinski definition) is 3. The first kappa shape index (κ1) is 19.7. The van der Waals surface area contributed by atoms with E-state index in [4.69, 9.17) is 16.3 Å². The number of aliphatic hydroxyl groups is 1. The molecule has 0 radical (unpaired) electrons. The highest BCUT2D eigenvalue weighted by Crippen LogP contribution is 2.33. The van der Waals surface area contributed by atoms with E-state index < -0.39 is 5.60 Å². The van der Waals surface area contributed by atoms with Crippen molar-refractivity contribution in [3.8, 4) is 0 Å². The molecule has 1 unspecified atom stereocenters. The molecule has 1 aromatic heterocycles. The summed E-state index contributed by atoms with van der Waals surface area (Å²) in [6.07, 6.45) is 7.77. The number of fused-ring (bicyclic) bond motifs is 1. The molecule has 1 aliphatic heterocycles. The maximum Gasteiger partial charge on any atom is 0.253 e. The van der Waals surface area contributed by atoms with Crippen LogP contribution in [0.25, 0.3) is 10.9 Å². The Hall–Kier alpha value is -1.56. The van der Waals surface area contributed by atoms with E-state index in [1.54, 1.807) is 0 Å². The molecule has 2 heterocycles. The van der Waals surface area contributed by atoms with Crippen LogP contribution in [0.1, 0.15) is 55.8 Å². The van der Waals surface area contributed by atoms with Gasteiger partial charge >= 0.3 is 0 Å². The number of carbonyl (C=O) groups excluding carboxylic acids is 1. The van der Waals surface area contributed by atoms with E-state index in [1.807, 2.05) is 24.4 Å². The lowest BCUT2D eigenvalue weighted by molar-refractivity contribution is -0.0109. The van der Waals surface area contributed by atoms with Crippen molar-refractivity contribution in [2.24, 2.45) is 5.92 Å². The molecule has 1 saturated heterocycles. The van der Waals surface area contributed by atoms with Gasteiger partial charge in [0.25, 0.3) is 5.91 Å². The van der Waals surface area contributed by atoms with Gasteiger partial charge in [-0.25, -0.2) is 0 Å². The molecular formula is C22H29ClN2O3. The zero-order valence-corrected chi connectivity index (χ0v) is 17.2. The molecule has 1 aromatic carbocycles. The van der Waals surface area contributed by atoms with Crippen LogP contribution in [0.2, 0.25) is 5.02 Å². The van der Waals surface area contributed by atoms with Crippen LogP contribution in [0.3, 0.4) is 0 Å². The van der Waals surface area contributed by atoms with Crippen LogP contribution in [-0.4, -0.2) is 40.4 Å². The maximum absolute atomic E-state index is 13.0. The summed E-state index contributed by atoms with van der Waals surface area (Å²) in [5, 5.41) is 15.1. The molecular weight excluding hydrogens is 376 g/mol. The number of carbonyl (C=O) groups is 1. The molecule has 2 fully saturated rings. The van der Waals surface area contributed by atoms with E-state index in [1.165, 1.54) is 0 Å². The van der Waals surface area contributed by atoms with Crippen LogP contribution in [0.5, 0.6) is 0 Å². The van der Waals surface area contributed by atoms with E-state index in [9.17, 15) is 9.90 Å². The third-order valence-corrected chi connectivity index (χ3v) is 6.48. The molecule has 1 amide bonds. The van der Waals surface area contributed by atoms with Crippen molar-refractivity contribution in [1.82, 2.24) is 9.88 Å². The van der Waals surface area contributed by atoms with Crippen LogP contribution in [0, 0.1) is 5.92 Å². The second kappa shape index (κ2) is 8.05. The van der Waals surface area contributed by atoms with E-state index in [0.717, 1.165) is 56.0 Å². The smallest absolute Gasteiger partial charge is 0.253 e. The van der Waals surface area contributed by atoms with Crippen molar-refractivity contribution in [2.45, 2.75) is 63.7 Å². The molecule has 3 atom stereocenters. The Labute approximate surface area is 171 Å². The van der Waals surface area contributed by atoms with Gasteiger partial charge < -0.3 is 19.7 Å². The van der Waals surface area contributed by atoms with Crippen LogP contribution < -0.4 is 5.32 Å². The number of aromatic nitrogens is 1. The maximum atomic E-state index is 13.0. The number of halogens is 1. The number of rotatable bonds is 5. The van der Waals surface area contributed by atoms with Gasteiger partial charge in [-0.1, -0.05) is 37.4 Å². The van der Waals surface area contributed by atoms with Gasteiger partial charge in [-0.2, -0.15) is 0 Å². The van der Waals surface area contributed by atoms with Gasteiger partial charge in [0.1, 0.15) is 0 Å². The van der Waals surface area contributed by atoms with Crippen LogP contribution >= 0.6 is 11.6 Å². The molecule has 0 bridgehead atoms. The molecule has 28 heavy (non-hydrogen) atoms. The predicted molar refractivity (Wildman–Crippen MR) is 111 cm³/mol. The molecule has 0 spiro atoms. The van der Waals surface area contributed by atoms with Crippen LogP contribution in [0.4, 0.5) is 0 Å². The number of nitrogens with one attached hydrogen (secondary N) is 1. The Morgan fingerprint density at radius 3 is 3.00 bits per heavy atom. The second-order valence-electron chi connectivity index (χ2n) is 8.57. The molecule has 5 nitrogen and oxygen atoms in total. The Balaban J connectivity index is 1.56.